The monoisotopic (exact) mass is 368 g/mol. The highest BCUT2D eigenvalue weighted by Crippen LogP contribution is 2.30. The summed E-state index contributed by atoms with van der Waals surface area (Å²) in [5.74, 6) is 0.139. The zero-order chi connectivity index (χ0) is 17.9. The van der Waals surface area contributed by atoms with Gasteiger partial charge in [-0.25, -0.2) is 0 Å². The SMILES string of the molecule is O=C(CCc1cccs1)N1CCN(c2ccc(C(F)(F)F)cc2)CC1. The normalized spacial score (nSPS) is 15.5. The van der Waals surface area contributed by atoms with E-state index < -0.39 is 11.7 Å². The van der Waals surface area contributed by atoms with Gasteiger partial charge in [0.1, 0.15) is 0 Å². The molecule has 1 aliphatic rings. The topological polar surface area (TPSA) is 23.6 Å². The Labute approximate surface area is 148 Å². The van der Waals surface area contributed by atoms with E-state index in [2.05, 4.69) is 0 Å². The molecular formula is C18H19F3N2OS. The van der Waals surface area contributed by atoms with Gasteiger partial charge in [-0.2, -0.15) is 13.2 Å². The first-order valence-corrected chi connectivity index (χ1v) is 9.04. The van der Waals surface area contributed by atoms with Crippen LogP contribution in [0.2, 0.25) is 0 Å². The molecule has 7 heteroatoms. The third-order valence-corrected chi connectivity index (χ3v) is 5.29. The largest absolute Gasteiger partial charge is 0.416 e. The van der Waals surface area contributed by atoms with E-state index in [4.69, 9.17) is 0 Å². The van der Waals surface area contributed by atoms with Crippen molar-refractivity contribution in [2.75, 3.05) is 31.1 Å². The van der Waals surface area contributed by atoms with Gasteiger partial charge in [-0.3, -0.25) is 4.79 Å². The van der Waals surface area contributed by atoms with Crippen molar-refractivity contribution in [3.63, 3.8) is 0 Å². The highest BCUT2D eigenvalue weighted by Gasteiger charge is 2.30. The molecule has 0 atom stereocenters. The molecule has 0 unspecified atom stereocenters. The second-order valence-electron chi connectivity index (χ2n) is 5.99. The lowest BCUT2D eigenvalue weighted by Crippen LogP contribution is -2.48. The first-order chi connectivity index (χ1) is 11.9. The van der Waals surface area contributed by atoms with Crippen molar-refractivity contribution in [3.05, 3.63) is 52.2 Å². The van der Waals surface area contributed by atoms with Gasteiger partial charge in [-0.1, -0.05) is 6.07 Å². The van der Waals surface area contributed by atoms with E-state index in [-0.39, 0.29) is 5.91 Å². The zero-order valence-electron chi connectivity index (χ0n) is 13.6. The minimum atomic E-state index is -4.31. The number of rotatable bonds is 4. The Morgan fingerprint density at radius 3 is 2.28 bits per heavy atom. The van der Waals surface area contributed by atoms with Crippen molar-refractivity contribution in [2.45, 2.75) is 19.0 Å². The van der Waals surface area contributed by atoms with Crippen LogP contribution in [0, 0.1) is 0 Å². The molecule has 1 aromatic carbocycles. The minimum Gasteiger partial charge on any atom is -0.368 e. The lowest BCUT2D eigenvalue weighted by Gasteiger charge is -2.36. The van der Waals surface area contributed by atoms with Crippen molar-refractivity contribution in [2.24, 2.45) is 0 Å². The predicted octanol–water partition coefficient (Wildman–Crippen LogP) is 4.05. The van der Waals surface area contributed by atoms with Gasteiger partial charge in [0.25, 0.3) is 0 Å². The molecule has 1 aromatic heterocycles. The molecular weight excluding hydrogens is 349 g/mol. The molecule has 1 saturated heterocycles. The van der Waals surface area contributed by atoms with E-state index >= 15 is 0 Å². The number of alkyl halides is 3. The lowest BCUT2D eigenvalue weighted by molar-refractivity contribution is -0.137. The molecule has 1 fully saturated rings. The molecule has 0 spiro atoms. The van der Waals surface area contributed by atoms with E-state index in [9.17, 15) is 18.0 Å². The fourth-order valence-electron chi connectivity index (χ4n) is 2.92. The Bertz CT molecular complexity index is 690. The average Bonchev–Trinajstić information content (AvgIpc) is 3.13. The Kier molecular flexibility index (Phi) is 5.32. The Hall–Kier alpha value is -2.02. The number of nitrogens with zero attached hydrogens (tertiary/aromatic N) is 2. The van der Waals surface area contributed by atoms with Gasteiger partial charge < -0.3 is 9.80 Å². The fraction of sp³-hybridized carbons (Fsp3) is 0.389. The zero-order valence-corrected chi connectivity index (χ0v) is 14.4. The third kappa shape index (κ3) is 4.54. The smallest absolute Gasteiger partial charge is 0.368 e. The molecule has 2 aromatic rings. The van der Waals surface area contributed by atoms with Gasteiger partial charge in [0, 0.05) is 43.2 Å². The summed E-state index contributed by atoms with van der Waals surface area (Å²) >= 11 is 1.65. The molecule has 3 nitrogen and oxygen atoms in total. The van der Waals surface area contributed by atoms with Gasteiger partial charge in [0.05, 0.1) is 5.56 Å². The highest BCUT2D eigenvalue weighted by atomic mass is 32.1. The Morgan fingerprint density at radius 1 is 1.04 bits per heavy atom. The molecule has 0 N–H and O–H groups in total. The molecule has 0 aliphatic carbocycles. The Balaban J connectivity index is 1.50. The molecule has 1 aliphatic heterocycles. The summed E-state index contributed by atoms with van der Waals surface area (Å²) in [5, 5.41) is 2.00. The van der Waals surface area contributed by atoms with Crippen molar-refractivity contribution >= 4 is 22.9 Å². The maximum atomic E-state index is 12.6. The van der Waals surface area contributed by atoms with Crippen LogP contribution in [0.3, 0.4) is 0 Å². The fourth-order valence-corrected chi connectivity index (χ4v) is 3.63. The number of hydrogen-bond donors (Lipinski definition) is 0. The molecule has 25 heavy (non-hydrogen) atoms. The Morgan fingerprint density at radius 2 is 1.72 bits per heavy atom. The van der Waals surface area contributed by atoms with Crippen molar-refractivity contribution in [1.82, 2.24) is 4.90 Å². The molecule has 2 heterocycles. The summed E-state index contributed by atoms with van der Waals surface area (Å²) in [6, 6.07) is 9.21. The molecule has 3 rings (SSSR count). The number of carbonyl (C=O) groups excluding carboxylic acids is 1. The summed E-state index contributed by atoms with van der Waals surface area (Å²) < 4.78 is 37.9. The number of amides is 1. The van der Waals surface area contributed by atoms with E-state index in [0.29, 0.717) is 32.6 Å². The maximum Gasteiger partial charge on any atom is 0.416 e. The maximum absolute atomic E-state index is 12.6. The van der Waals surface area contributed by atoms with Gasteiger partial charge >= 0.3 is 6.18 Å². The second kappa shape index (κ2) is 7.47. The molecule has 0 bridgehead atoms. The number of halogens is 3. The lowest BCUT2D eigenvalue weighted by atomic mass is 10.1. The van der Waals surface area contributed by atoms with Crippen LogP contribution in [0.5, 0.6) is 0 Å². The highest BCUT2D eigenvalue weighted by molar-refractivity contribution is 7.09. The standard InChI is InChI=1S/C18H19F3N2OS/c19-18(20,21)14-3-5-15(6-4-14)22-9-11-23(12-10-22)17(24)8-7-16-2-1-13-25-16/h1-6,13H,7-12H2. The van der Waals surface area contributed by atoms with Gasteiger partial charge in [-0.15, -0.1) is 11.3 Å². The first-order valence-electron chi connectivity index (χ1n) is 8.16. The summed E-state index contributed by atoms with van der Waals surface area (Å²) in [4.78, 5) is 17.3. The molecule has 0 radical (unpaired) electrons. The van der Waals surface area contributed by atoms with Crippen LogP contribution in [-0.4, -0.2) is 37.0 Å². The predicted molar refractivity (Wildman–Crippen MR) is 92.9 cm³/mol. The number of carbonyl (C=O) groups is 1. The van der Waals surface area contributed by atoms with E-state index in [1.54, 1.807) is 11.3 Å². The molecule has 134 valence electrons. The van der Waals surface area contributed by atoms with Crippen LogP contribution in [0.4, 0.5) is 18.9 Å². The van der Waals surface area contributed by atoms with Crippen molar-refractivity contribution in [3.8, 4) is 0 Å². The van der Waals surface area contributed by atoms with Crippen LogP contribution in [0.25, 0.3) is 0 Å². The van der Waals surface area contributed by atoms with E-state index in [0.717, 1.165) is 24.2 Å². The van der Waals surface area contributed by atoms with Crippen LogP contribution in [0.15, 0.2) is 41.8 Å². The van der Waals surface area contributed by atoms with Gasteiger partial charge in [0.2, 0.25) is 5.91 Å². The number of benzene rings is 1. The average molecular weight is 368 g/mol. The second-order valence-corrected chi connectivity index (χ2v) is 7.02. The summed E-state index contributed by atoms with van der Waals surface area (Å²) in [5.41, 5.74) is 0.123. The minimum absolute atomic E-state index is 0.139. The molecule has 0 saturated carbocycles. The first kappa shape index (κ1) is 17.8. The third-order valence-electron chi connectivity index (χ3n) is 4.36. The molecule has 1 amide bonds. The van der Waals surface area contributed by atoms with Crippen molar-refractivity contribution in [1.29, 1.82) is 0 Å². The summed E-state index contributed by atoms with van der Waals surface area (Å²) in [6.45, 7) is 2.47. The number of thiophene rings is 1. The summed E-state index contributed by atoms with van der Waals surface area (Å²) in [7, 11) is 0. The quantitative estimate of drug-likeness (QED) is 0.813. The number of hydrogen-bond acceptors (Lipinski definition) is 3. The number of piperazine rings is 1. The number of aryl methyl sites for hydroxylation is 1. The van der Waals surface area contributed by atoms with Gasteiger partial charge in [0.15, 0.2) is 0 Å². The van der Waals surface area contributed by atoms with Crippen LogP contribution in [0.1, 0.15) is 16.9 Å². The van der Waals surface area contributed by atoms with Crippen LogP contribution in [-0.2, 0) is 17.4 Å². The van der Waals surface area contributed by atoms with Crippen LogP contribution < -0.4 is 4.90 Å². The van der Waals surface area contributed by atoms with Gasteiger partial charge in [-0.05, 0) is 42.1 Å². The number of anilines is 1. The van der Waals surface area contributed by atoms with Crippen LogP contribution >= 0.6 is 11.3 Å². The summed E-state index contributed by atoms with van der Waals surface area (Å²) in [6.07, 6.45) is -3.05. The van der Waals surface area contributed by atoms with E-state index in [1.165, 1.54) is 17.0 Å². The van der Waals surface area contributed by atoms with E-state index in [1.807, 2.05) is 27.3 Å². The van der Waals surface area contributed by atoms with Crippen molar-refractivity contribution < 1.29 is 18.0 Å².